The number of aliphatic hydroxyl groups excluding tert-OH is 2. The van der Waals surface area contributed by atoms with Gasteiger partial charge in [0.05, 0.1) is 17.6 Å². The van der Waals surface area contributed by atoms with Gasteiger partial charge in [-0.05, 0) is 74.0 Å². The lowest BCUT2D eigenvalue weighted by molar-refractivity contribution is 0.126. The zero-order valence-electron chi connectivity index (χ0n) is 21.5. The summed E-state index contributed by atoms with van der Waals surface area (Å²) in [5, 5.41) is 32.3. The largest absolute Gasteiger partial charge is 0.508 e. The molecule has 2 aromatic carbocycles. The van der Waals surface area contributed by atoms with E-state index in [1.54, 1.807) is 30.3 Å². The molecule has 8 nitrogen and oxygen atoms in total. The van der Waals surface area contributed by atoms with Gasteiger partial charge in [-0.2, -0.15) is 0 Å². The van der Waals surface area contributed by atoms with E-state index in [4.69, 9.17) is 4.74 Å². The molecule has 0 aliphatic heterocycles. The van der Waals surface area contributed by atoms with Crippen LogP contribution in [0.4, 0.5) is 0 Å². The Bertz CT molecular complexity index is 1010. The molecule has 202 valence electrons. The average molecular weight is 523 g/mol. The van der Waals surface area contributed by atoms with Crippen molar-refractivity contribution in [1.29, 1.82) is 0 Å². The van der Waals surface area contributed by atoms with Crippen LogP contribution < -0.4 is 5.32 Å². The minimum absolute atomic E-state index is 0.0337. The highest BCUT2D eigenvalue weighted by molar-refractivity contribution is 7.89. The second kappa shape index (κ2) is 16.0. The quantitative estimate of drug-likeness (QED) is 0.222. The number of hydrogen-bond acceptors (Lipinski definition) is 7. The molecular formula is C27H42N2O6S. The third kappa shape index (κ3) is 10.2. The van der Waals surface area contributed by atoms with Crippen molar-refractivity contribution in [3.8, 4) is 5.75 Å². The number of aliphatic hydroxyl groups is 2. The number of hydrogen-bond donors (Lipinski definition) is 4. The van der Waals surface area contributed by atoms with Gasteiger partial charge >= 0.3 is 0 Å². The fourth-order valence-corrected chi connectivity index (χ4v) is 4.78. The summed E-state index contributed by atoms with van der Waals surface area (Å²) in [4.78, 5) is 0.335. The summed E-state index contributed by atoms with van der Waals surface area (Å²) in [6, 6.07) is 11.9. The van der Waals surface area contributed by atoms with Gasteiger partial charge in [0, 0.05) is 39.4 Å². The second-order valence-corrected chi connectivity index (χ2v) is 11.3. The highest BCUT2D eigenvalue weighted by Crippen LogP contribution is 2.22. The number of benzene rings is 2. The minimum atomic E-state index is -3.40. The van der Waals surface area contributed by atoms with Crippen LogP contribution in [0.25, 0.3) is 0 Å². The number of sulfonamides is 1. The third-order valence-corrected chi connectivity index (χ3v) is 7.88. The van der Waals surface area contributed by atoms with E-state index in [9.17, 15) is 23.7 Å². The first-order valence-electron chi connectivity index (χ1n) is 12.7. The maximum absolute atomic E-state index is 12.2. The zero-order chi connectivity index (χ0) is 26.4. The second-order valence-electron chi connectivity index (χ2n) is 9.18. The van der Waals surface area contributed by atoms with E-state index >= 15 is 0 Å². The molecular weight excluding hydrogens is 480 g/mol. The van der Waals surface area contributed by atoms with E-state index in [0.717, 1.165) is 63.7 Å². The van der Waals surface area contributed by atoms with Crippen molar-refractivity contribution >= 4 is 10.0 Å². The van der Waals surface area contributed by atoms with Crippen molar-refractivity contribution in [1.82, 2.24) is 9.62 Å². The number of nitrogens with zero attached hydrogens (tertiary/aromatic N) is 1. The smallest absolute Gasteiger partial charge is 0.242 e. The van der Waals surface area contributed by atoms with Crippen LogP contribution in [0.2, 0.25) is 0 Å². The van der Waals surface area contributed by atoms with Crippen molar-refractivity contribution < 1.29 is 28.5 Å². The Morgan fingerprint density at radius 1 is 0.972 bits per heavy atom. The van der Waals surface area contributed by atoms with Crippen molar-refractivity contribution in [3.63, 3.8) is 0 Å². The SMILES string of the molecule is CN(C)S(=O)(=O)c1cccc(CCCCOCCCCCCNC[C@H](O)c2ccc(O)c(CO)c2)c1. The van der Waals surface area contributed by atoms with Gasteiger partial charge in [0.25, 0.3) is 0 Å². The molecule has 2 rings (SSSR count). The van der Waals surface area contributed by atoms with Crippen LogP contribution in [0.5, 0.6) is 5.75 Å². The van der Waals surface area contributed by atoms with E-state index in [-0.39, 0.29) is 12.4 Å². The summed E-state index contributed by atoms with van der Waals surface area (Å²) in [6.45, 7) is 2.44. The first-order chi connectivity index (χ1) is 17.3. The number of unbranched alkanes of at least 4 members (excludes halogenated alkanes) is 4. The highest BCUT2D eigenvalue weighted by Gasteiger charge is 2.17. The van der Waals surface area contributed by atoms with Crippen LogP contribution in [0.3, 0.4) is 0 Å². The zero-order valence-corrected chi connectivity index (χ0v) is 22.3. The molecule has 0 bridgehead atoms. The lowest BCUT2D eigenvalue weighted by Gasteiger charge is -2.14. The molecule has 4 N–H and O–H groups in total. The normalized spacial score (nSPS) is 12.8. The average Bonchev–Trinajstić information content (AvgIpc) is 2.87. The molecule has 0 saturated heterocycles. The van der Waals surface area contributed by atoms with E-state index in [1.165, 1.54) is 24.5 Å². The number of phenols is 1. The molecule has 0 fully saturated rings. The van der Waals surface area contributed by atoms with Crippen molar-refractivity contribution in [2.24, 2.45) is 0 Å². The Balaban J connectivity index is 1.46. The molecule has 0 aliphatic carbocycles. The Kier molecular flexibility index (Phi) is 13.4. The first kappa shape index (κ1) is 30.2. The van der Waals surface area contributed by atoms with Gasteiger partial charge in [-0.1, -0.05) is 31.0 Å². The van der Waals surface area contributed by atoms with E-state index in [1.807, 2.05) is 6.07 Å². The van der Waals surface area contributed by atoms with Crippen LogP contribution in [0, 0.1) is 0 Å². The van der Waals surface area contributed by atoms with Gasteiger partial charge in [-0.15, -0.1) is 0 Å². The Labute approximate surface area is 216 Å². The molecule has 0 unspecified atom stereocenters. The summed E-state index contributed by atoms with van der Waals surface area (Å²) in [7, 11) is -0.317. The lowest BCUT2D eigenvalue weighted by Crippen LogP contribution is -2.22. The molecule has 0 amide bonds. The van der Waals surface area contributed by atoms with Crippen LogP contribution in [-0.4, -0.2) is 68.4 Å². The first-order valence-corrected chi connectivity index (χ1v) is 14.1. The number of rotatable bonds is 18. The molecule has 36 heavy (non-hydrogen) atoms. The van der Waals surface area contributed by atoms with Crippen molar-refractivity contribution in [3.05, 3.63) is 59.2 Å². The van der Waals surface area contributed by atoms with Crippen molar-refractivity contribution in [2.75, 3.05) is 40.4 Å². The van der Waals surface area contributed by atoms with Crippen molar-refractivity contribution in [2.45, 2.75) is 62.6 Å². The van der Waals surface area contributed by atoms with E-state index in [2.05, 4.69) is 5.32 Å². The summed E-state index contributed by atoms with van der Waals surface area (Å²) < 4.78 is 31.5. The molecule has 9 heteroatoms. The summed E-state index contributed by atoms with van der Waals surface area (Å²) in [5.74, 6) is 0.0337. The Morgan fingerprint density at radius 3 is 2.42 bits per heavy atom. The van der Waals surface area contributed by atoms with Gasteiger partial charge in [0.1, 0.15) is 5.75 Å². The maximum Gasteiger partial charge on any atom is 0.242 e. The molecule has 1 atom stereocenters. The van der Waals surface area contributed by atoms with E-state index < -0.39 is 16.1 Å². The predicted octanol–water partition coefficient (Wildman–Crippen LogP) is 3.36. The fourth-order valence-electron chi connectivity index (χ4n) is 3.81. The number of aromatic hydroxyl groups is 1. The molecule has 0 aromatic heterocycles. The molecule has 0 aliphatic rings. The Hall–Kier alpha value is -2.01. The number of ether oxygens (including phenoxy) is 1. The number of nitrogens with one attached hydrogen (secondary N) is 1. The maximum atomic E-state index is 12.2. The fraction of sp³-hybridized carbons (Fsp3) is 0.556. The van der Waals surface area contributed by atoms with Crippen LogP contribution in [0.15, 0.2) is 47.4 Å². The highest BCUT2D eigenvalue weighted by atomic mass is 32.2. The molecule has 0 spiro atoms. The van der Waals surface area contributed by atoms with Crippen LogP contribution in [-0.2, 0) is 27.8 Å². The van der Waals surface area contributed by atoms with Gasteiger partial charge in [0.2, 0.25) is 10.0 Å². The monoisotopic (exact) mass is 522 g/mol. The Morgan fingerprint density at radius 2 is 1.69 bits per heavy atom. The summed E-state index contributed by atoms with van der Waals surface area (Å²) in [5.41, 5.74) is 2.11. The van der Waals surface area contributed by atoms with Gasteiger partial charge in [0.15, 0.2) is 0 Å². The van der Waals surface area contributed by atoms with Gasteiger partial charge in [-0.3, -0.25) is 0 Å². The number of aryl methyl sites for hydroxylation is 1. The minimum Gasteiger partial charge on any atom is -0.508 e. The predicted molar refractivity (Wildman–Crippen MR) is 141 cm³/mol. The van der Waals surface area contributed by atoms with Gasteiger partial charge in [-0.25, -0.2) is 12.7 Å². The lowest BCUT2D eigenvalue weighted by atomic mass is 10.1. The summed E-state index contributed by atoms with van der Waals surface area (Å²) >= 11 is 0. The van der Waals surface area contributed by atoms with Crippen LogP contribution >= 0.6 is 0 Å². The molecule has 2 aromatic rings. The molecule has 0 heterocycles. The topological polar surface area (TPSA) is 119 Å². The molecule has 0 saturated carbocycles. The third-order valence-electron chi connectivity index (χ3n) is 6.07. The standard InChI is InChI=1S/C27H42N2O6S/c1-29(2)36(33,34)25-12-9-11-22(18-25)10-5-8-17-35-16-7-4-3-6-15-28-20-27(32)23-13-14-26(31)24(19-23)21-30/h9,11-14,18-19,27-28,30-32H,3-8,10,15-17,20-21H2,1-2H3/t27-/m0/s1. The van der Waals surface area contributed by atoms with E-state index in [0.29, 0.717) is 29.2 Å². The van der Waals surface area contributed by atoms with Gasteiger partial charge < -0.3 is 25.4 Å². The van der Waals surface area contributed by atoms with Crippen LogP contribution in [0.1, 0.15) is 61.3 Å². The summed E-state index contributed by atoms with van der Waals surface area (Å²) in [6.07, 6.45) is 6.27. The molecule has 0 radical (unpaired) electrons.